The minimum atomic E-state index is -0.994. The predicted octanol–water partition coefficient (Wildman–Crippen LogP) is 13.2. The molecule has 50 heavy (non-hydrogen) atoms. The molecule has 1 N–H and O–H groups in total. The summed E-state index contributed by atoms with van der Waals surface area (Å²) in [6, 6.07) is 0. The summed E-state index contributed by atoms with van der Waals surface area (Å²) in [5.74, 6) is -0.656. The Morgan fingerprint density at radius 1 is 0.420 bits per heavy atom. The van der Waals surface area contributed by atoms with Crippen LogP contribution in [0.25, 0.3) is 0 Å². The van der Waals surface area contributed by atoms with Crippen LogP contribution in [0.5, 0.6) is 0 Å². The van der Waals surface area contributed by atoms with Crippen molar-refractivity contribution in [3.63, 3.8) is 0 Å². The maximum absolute atomic E-state index is 12.0. The van der Waals surface area contributed by atoms with Crippen LogP contribution >= 0.6 is 0 Å². The van der Waals surface area contributed by atoms with Gasteiger partial charge in [-0.1, -0.05) is 190 Å². The van der Waals surface area contributed by atoms with Crippen molar-refractivity contribution in [2.45, 2.75) is 200 Å². The molecular formula is C45H78O5. The number of aliphatic hydroxyl groups excluding tert-OH is 1. The van der Waals surface area contributed by atoms with E-state index in [4.69, 9.17) is 9.47 Å². The lowest BCUT2D eigenvalue weighted by Crippen LogP contribution is -2.25. The molecule has 288 valence electrons. The van der Waals surface area contributed by atoms with Crippen molar-refractivity contribution >= 4 is 11.9 Å². The number of rotatable bonds is 37. The average molecular weight is 699 g/mol. The summed E-state index contributed by atoms with van der Waals surface area (Å²) < 4.78 is 10.3. The van der Waals surface area contributed by atoms with Gasteiger partial charge in [-0.15, -0.1) is 0 Å². The molecule has 0 unspecified atom stereocenters. The lowest BCUT2D eigenvalue weighted by Gasteiger charge is -2.12. The number of unbranched alkanes of at least 4 members (excludes halogenated alkanes) is 19. The van der Waals surface area contributed by atoms with E-state index in [1.54, 1.807) is 0 Å². The molecule has 0 fully saturated rings. The maximum atomic E-state index is 12.0. The number of carbonyl (C=O) groups excluding carboxylic acids is 2. The number of ether oxygens (including phenoxy) is 2. The Kier molecular flexibility index (Phi) is 39.1. The number of hydrogen-bond acceptors (Lipinski definition) is 5. The summed E-state index contributed by atoms with van der Waals surface area (Å²) in [6.07, 6.45) is 52.9. The van der Waals surface area contributed by atoms with Crippen LogP contribution in [0.2, 0.25) is 0 Å². The van der Waals surface area contributed by atoms with Crippen molar-refractivity contribution in [2.75, 3.05) is 13.2 Å². The molecule has 0 bridgehead atoms. The molecule has 5 nitrogen and oxygen atoms in total. The molecular weight excluding hydrogens is 620 g/mol. The molecule has 0 spiro atoms. The Hall–Kier alpha value is -2.40. The Morgan fingerprint density at radius 2 is 0.740 bits per heavy atom. The third-order valence-corrected chi connectivity index (χ3v) is 8.77. The maximum Gasteiger partial charge on any atom is 0.306 e. The summed E-state index contributed by atoms with van der Waals surface area (Å²) in [6.45, 7) is 4.21. The van der Waals surface area contributed by atoms with Gasteiger partial charge in [0.15, 0.2) is 0 Å². The van der Waals surface area contributed by atoms with Gasteiger partial charge in [0, 0.05) is 12.8 Å². The minimum Gasteiger partial charge on any atom is -0.463 e. The molecule has 0 aliphatic carbocycles. The molecule has 0 amide bonds. The fourth-order valence-corrected chi connectivity index (χ4v) is 5.60. The van der Waals surface area contributed by atoms with Crippen LogP contribution in [0.3, 0.4) is 0 Å². The quantitative estimate of drug-likeness (QED) is 0.0397. The second kappa shape index (κ2) is 41.0. The van der Waals surface area contributed by atoms with Crippen LogP contribution in [-0.2, 0) is 19.1 Å². The highest BCUT2D eigenvalue weighted by Crippen LogP contribution is 2.14. The minimum absolute atomic E-state index is 0.139. The van der Waals surface area contributed by atoms with Crippen molar-refractivity contribution in [1.29, 1.82) is 0 Å². The smallest absolute Gasteiger partial charge is 0.306 e. The van der Waals surface area contributed by atoms with Crippen molar-refractivity contribution in [3.8, 4) is 0 Å². The van der Waals surface area contributed by atoms with Gasteiger partial charge in [0.05, 0.1) is 0 Å². The monoisotopic (exact) mass is 699 g/mol. The third-order valence-electron chi connectivity index (χ3n) is 8.77. The van der Waals surface area contributed by atoms with Crippen molar-refractivity contribution in [2.24, 2.45) is 0 Å². The molecule has 0 aromatic carbocycles. The fraction of sp³-hybridized carbons (Fsp3) is 0.733. The van der Waals surface area contributed by atoms with E-state index in [-0.39, 0.29) is 31.6 Å². The van der Waals surface area contributed by atoms with Gasteiger partial charge in [0.2, 0.25) is 0 Å². The SMILES string of the molecule is CCCCC/C=C\C/C=C\C/C=C\C/C=C\C/C=C\CCC(=O)OC[C@H](O)COC(=O)CCCCCCCCCCCCCCCCCCC. The summed E-state index contributed by atoms with van der Waals surface area (Å²) in [7, 11) is 0. The first-order valence-electron chi connectivity index (χ1n) is 20.8. The fourth-order valence-electron chi connectivity index (χ4n) is 5.60. The van der Waals surface area contributed by atoms with Gasteiger partial charge in [-0.2, -0.15) is 0 Å². The Balaban J connectivity index is 3.55. The highest BCUT2D eigenvalue weighted by Gasteiger charge is 2.11. The second-order valence-corrected chi connectivity index (χ2v) is 13.8. The van der Waals surface area contributed by atoms with Crippen LogP contribution in [0.1, 0.15) is 194 Å². The lowest BCUT2D eigenvalue weighted by atomic mass is 10.0. The average Bonchev–Trinajstić information content (AvgIpc) is 3.12. The number of hydrogen-bond donors (Lipinski definition) is 1. The zero-order valence-corrected chi connectivity index (χ0v) is 32.6. The number of esters is 2. The Bertz CT molecular complexity index is 884. The predicted molar refractivity (Wildman–Crippen MR) is 214 cm³/mol. The van der Waals surface area contributed by atoms with Gasteiger partial charge in [0.25, 0.3) is 0 Å². The van der Waals surface area contributed by atoms with E-state index in [0.717, 1.165) is 44.9 Å². The molecule has 0 rings (SSSR count). The molecule has 0 aromatic rings. The zero-order chi connectivity index (χ0) is 36.4. The first kappa shape index (κ1) is 47.6. The van der Waals surface area contributed by atoms with E-state index in [1.807, 2.05) is 12.2 Å². The highest BCUT2D eigenvalue weighted by atomic mass is 16.6. The molecule has 0 radical (unpaired) electrons. The van der Waals surface area contributed by atoms with Crippen molar-refractivity contribution in [1.82, 2.24) is 0 Å². The van der Waals surface area contributed by atoms with Gasteiger partial charge >= 0.3 is 11.9 Å². The van der Waals surface area contributed by atoms with Crippen LogP contribution < -0.4 is 0 Å². The first-order chi connectivity index (χ1) is 24.6. The number of aliphatic hydroxyl groups is 1. The van der Waals surface area contributed by atoms with E-state index in [9.17, 15) is 14.7 Å². The van der Waals surface area contributed by atoms with Crippen LogP contribution in [0.4, 0.5) is 0 Å². The molecule has 0 aliphatic heterocycles. The molecule has 0 saturated carbocycles. The van der Waals surface area contributed by atoms with Gasteiger partial charge in [0.1, 0.15) is 19.3 Å². The third kappa shape index (κ3) is 40.0. The van der Waals surface area contributed by atoms with E-state index < -0.39 is 6.10 Å². The summed E-state index contributed by atoms with van der Waals surface area (Å²) >= 11 is 0. The van der Waals surface area contributed by atoms with E-state index in [1.165, 1.54) is 116 Å². The van der Waals surface area contributed by atoms with E-state index in [0.29, 0.717) is 12.8 Å². The van der Waals surface area contributed by atoms with E-state index >= 15 is 0 Å². The topological polar surface area (TPSA) is 72.8 Å². The largest absolute Gasteiger partial charge is 0.463 e. The Labute approximate surface area is 309 Å². The summed E-state index contributed by atoms with van der Waals surface area (Å²) in [4.78, 5) is 23.9. The van der Waals surface area contributed by atoms with Crippen molar-refractivity contribution in [3.05, 3.63) is 60.8 Å². The molecule has 0 heterocycles. The van der Waals surface area contributed by atoms with Crippen LogP contribution in [-0.4, -0.2) is 36.4 Å². The number of carbonyl (C=O) groups is 2. The molecule has 0 aliphatic rings. The zero-order valence-electron chi connectivity index (χ0n) is 32.6. The molecule has 0 aromatic heterocycles. The lowest BCUT2D eigenvalue weighted by molar-refractivity contribution is -0.152. The molecule has 0 saturated heterocycles. The second-order valence-electron chi connectivity index (χ2n) is 13.8. The normalized spacial score (nSPS) is 12.8. The highest BCUT2D eigenvalue weighted by molar-refractivity contribution is 5.70. The van der Waals surface area contributed by atoms with Crippen molar-refractivity contribution < 1.29 is 24.2 Å². The van der Waals surface area contributed by atoms with Gasteiger partial charge in [-0.25, -0.2) is 0 Å². The first-order valence-corrected chi connectivity index (χ1v) is 20.8. The van der Waals surface area contributed by atoms with Gasteiger partial charge < -0.3 is 14.6 Å². The number of allylic oxidation sites excluding steroid dienone is 10. The van der Waals surface area contributed by atoms with E-state index in [2.05, 4.69) is 62.5 Å². The summed E-state index contributed by atoms with van der Waals surface area (Å²) in [5.41, 5.74) is 0. The Morgan fingerprint density at radius 3 is 1.16 bits per heavy atom. The van der Waals surface area contributed by atoms with Gasteiger partial charge in [-0.05, 0) is 51.4 Å². The molecule has 1 atom stereocenters. The molecule has 5 heteroatoms. The van der Waals surface area contributed by atoms with Crippen LogP contribution in [0.15, 0.2) is 60.8 Å². The van der Waals surface area contributed by atoms with Gasteiger partial charge in [-0.3, -0.25) is 9.59 Å². The summed E-state index contributed by atoms with van der Waals surface area (Å²) in [5, 5.41) is 10.0. The standard InChI is InChI=1S/C45H78O5/c1-3-5-7-9-11-13-15-17-19-21-22-24-26-28-30-32-34-36-38-40-45(48)50-42-43(46)41-49-44(47)39-37-35-33-31-29-27-25-23-20-18-16-14-12-10-8-6-4-2/h11,13,17,19,22,24,28,30,34,36,43,46H,3-10,12,14-16,18,20-21,23,25-27,29,31-33,35,37-42H2,1-2H3/b13-11-,19-17-,24-22-,30-28-,36-34-/t43-/m1/s1. The van der Waals surface area contributed by atoms with Crippen LogP contribution in [0, 0.1) is 0 Å².